The number of rotatable bonds is 5. The molecular formula is C8H14O2. The number of hydrogen-bond acceptors (Lipinski definition) is 2. The molecule has 1 aliphatic carbocycles. The lowest BCUT2D eigenvalue weighted by atomic mass is 10.4. The van der Waals surface area contributed by atoms with Gasteiger partial charge >= 0.3 is 0 Å². The maximum atomic E-state index is 5.40. The van der Waals surface area contributed by atoms with Crippen LogP contribution >= 0.6 is 0 Å². The fourth-order valence-electron chi connectivity index (χ4n) is 0.912. The molecule has 0 N–H and O–H groups in total. The van der Waals surface area contributed by atoms with Gasteiger partial charge in [-0.1, -0.05) is 6.08 Å². The second-order valence-electron chi connectivity index (χ2n) is 2.54. The summed E-state index contributed by atoms with van der Waals surface area (Å²) in [6, 6.07) is 0. The standard InChI is InChI=1S/C8H14O2/c1-3-7-6-8(7)10-5-4-9-2/h3,7-8H,1,4-6H2,2H3. The molecule has 0 aliphatic heterocycles. The highest BCUT2D eigenvalue weighted by molar-refractivity contribution is 4.99. The van der Waals surface area contributed by atoms with E-state index < -0.39 is 0 Å². The van der Waals surface area contributed by atoms with Gasteiger partial charge in [-0.3, -0.25) is 0 Å². The summed E-state index contributed by atoms with van der Waals surface area (Å²) >= 11 is 0. The summed E-state index contributed by atoms with van der Waals surface area (Å²) in [6.45, 7) is 5.10. The zero-order valence-corrected chi connectivity index (χ0v) is 6.38. The fourth-order valence-corrected chi connectivity index (χ4v) is 0.912. The van der Waals surface area contributed by atoms with Gasteiger partial charge in [0.2, 0.25) is 0 Å². The van der Waals surface area contributed by atoms with E-state index in [0.29, 0.717) is 25.2 Å². The van der Waals surface area contributed by atoms with Gasteiger partial charge in [-0.2, -0.15) is 0 Å². The van der Waals surface area contributed by atoms with Crippen molar-refractivity contribution >= 4 is 0 Å². The highest BCUT2D eigenvalue weighted by Crippen LogP contribution is 2.34. The largest absolute Gasteiger partial charge is 0.382 e. The van der Waals surface area contributed by atoms with Crippen molar-refractivity contribution < 1.29 is 9.47 Å². The van der Waals surface area contributed by atoms with Gasteiger partial charge in [-0.25, -0.2) is 0 Å². The Balaban J connectivity index is 1.91. The normalized spacial score (nSPS) is 30.1. The topological polar surface area (TPSA) is 18.5 Å². The van der Waals surface area contributed by atoms with Gasteiger partial charge in [0.15, 0.2) is 0 Å². The van der Waals surface area contributed by atoms with Crippen LogP contribution in [0.2, 0.25) is 0 Å². The molecule has 10 heavy (non-hydrogen) atoms. The minimum absolute atomic E-state index is 0.438. The summed E-state index contributed by atoms with van der Waals surface area (Å²) in [6.07, 6.45) is 3.54. The third kappa shape index (κ3) is 2.12. The number of methoxy groups -OCH3 is 1. The van der Waals surface area contributed by atoms with E-state index in [-0.39, 0.29) is 0 Å². The molecule has 0 bridgehead atoms. The quantitative estimate of drug-likeness (QED) is 0.424. The second kappa shape index (κ2) is 3.74. The first kappa shape index (κ1) is 7.76. The molecule has 2 atom stereocenters. The maximum Gasteiger partial charge on any atom is 0.0704 e. The lowest BCUT2D eigenvalue weighted by Crippen LogP contribution is -2.03. The SMILES string of the molecule is C=CC1CC1OCCOC. The second-order valence-corrected chi connectivity index (χ2v) is 2.54. The molecule has 0 aromatic carbocycles. The number of hydrogen-bond donors (Lipinski definition) is 0. The zero-order valence-electron chi connectivity index (χ0n) is 6.38. The smallest absolute Gasteiger partial charge is 0.0704 e. The minimum atomic E-state index is 0.438. The van der Waals surface area contributed by atoms with Gasteiger partial charge in [0.1, 0.15) is 0 Å². The van der Waals surface area contributed by atoms with Crippen molar-refractivity contribution in [1.82, 2.24) is 0 Å². The lowest BCUT2D eigenvalue weighted by Gasteiger charge is -1.99. The Kier molecular flexibility index (Phi) is 2.90. The van der Waals surface area contributed by atoms with Crippen LogP contribution in [-0.4, -0.2) is 26.4 Å². The molecule has 1 saturated carbocycles. The van der Waals surface area contributed by atoms with Crippen molar-refractivity contribution in [2.75, 3.05) is 20.3 Å². The third-order valence-electron chi connectivity index (χ3n) is 1.70. The van der Waals surface area contributed by atoms with Gasteiger partial charge in [0.05, 0.1) is 19.3 Å². The van der Waals surface area contributed by atoms with Crippen molar-refractivity contribution in [3.63, 3.8) is 0 Å². The van der Waals surface area contributed by atoms with Crippen LogP contribution in [-0.2, 0) is 9.47 Å². The third-order valence-corrected chi connectivity index (χ3v) is 1.70. The van der Waals surface area contributed by atoms with Gasteiger partial charge in [-0.05, 0) is 6.42 Å². The Bertz CT molecular complexity index is 112. The maximum absolute atomic E-state index is 5.40. The van der Waals surface area contributed by atoms with Crippen LogP contribution in [0, 0.1) is 5.92 Å². The Morgan fingerprint density at radius 2 is 2.40 bits per heavy atom. The zero-order chi connectivity index (χ0) is 7.40. The summed E-state index contributed by atoms with van der Waals surface area (Å²) in [5.41, 5.74) is 0. The van der Waals surface area contributed by atoms with E-state index in [2.05, 4.69) is 6.58 Å². The summed E-state index contributed by atoms with van der Waals surface area (Å²) in [4.78, 5) is 0. The van der Waals surface area contributed by atoms with Crippen LogP contribution in [0.3, 0.4) is 0 Å². The van der Waals surface area contributed by atoms with Gasteiger partial charge in [0, 0.05) is 13.0 Å². The monoisotopic (exact) mass is 142 g/mol. The van der Waals surface area contributed by atoms with E-state index in [1.165, 1.54) is 0 Å². The number of ether oxygens (including phenoxy) is 2. The van der Waals surface area contributed by atoms with E-state index in [0.717, 1.165) is 6.42 Å². The molecule has 2 unspecified atom stereocenters. The first-order chi connectivity index (χ1) is 4.88. The summed E-state index contributed by atoms with van der Waals surface area (Å²) < 4.78 is 10.2. The van der Waals surface area contributed by atoms with Crippen molar-refractivity contribution in [2.45, 2.75) is 12.5 Å². The molecule has 1 aliphatic rings. The van der Waals surface area contributed by atoms with Crippen molar-refractivity contribution in [3.8, 4) is 0 Å². The Hall–Kier alpha value is -0.340. The molecule has 0 amide bonds. The minimum Gasteiger partial charge on any atom is -0.382 e. The Labute approximate surface area is 61.8 Å². The highest BCUT2D eigenvalue weighted by Gasteiger charge is 2.34. The molecular weight excluding hydrogens is 128 g/mol. The predicted molar refractivity (Wildman–Crippen MR) is 39.9 cm³/mol. The Morgan fingerprint density at radius 1 is 1.60 bits per heavy atom. The van der Waals surface area contributed by atoms with Gasteiger partial charge in [0.25, 0.3) is 0 Å². The van der Waals surface area contributed by atoms with Crippen molar-refractivity contribution in [3.05, 3.63) is 12.7 Å². The molecule has 0 aromatic rings. The van der Waals surface area contributed by atoms with Crippen LogP contribution in [0.5, 0.6) is 0 Å². The Morgan fingerprint density at radius 3 is 2.90 bits per heavy atom. The first-order valence-corrected chi connectivity index (χ1v) is 3.61. The predicted octanol–water partition coefficient (Wildman–Crippen LogP) is 1.22. The van der Waals surface area contributed by atoms with E-state index in [9.17, 15) is 0 Å². The molecule has 0 aromatic heterocycles. The first-order valence-electron chi connectivity index (χ1n) is 3.61. The van der Waals surface area contributed by atoms with E-state index >= 15 is 0 Å². The van der Waals surface area contributed by atoms with Gasteiger partial charge in [-0.15, -0.1) is 6.58 Å². The summed E-state index contributed by atoms with van der Waals surface area (Å²) in [5.74, 6) is 0.608. The van der Waals surface area contributed by atoms with E-state index in [1.54, 1.807) is 7.11 Å². The molecule has 0 heterocycles. The summed E-state index contributed by atoms with van der Waals surface area (Å²) in [5, 5.41) is 0. The molecule has 0 saturated heterocycles. The molecule has 1 rings (SSSR count). The lowest BCUT2D eigenvalue weighted by molar-refractivity contribution is 0.0573. The van der Waals surface area contributed by atoms with E-state index in [1.807, 2.05) is 6.08 Å². The molecule has 0 spiro atoms. The van der Waals surface area contributed by atoms with Crippen LogP contribution in [0.1, 0.15) is 6.42 Å². The van der Waals surface area contributed by atoms with Crippen LogP contribution in [0.4, 0.5) is 0 Å². The van der Waals surface area contributed by atoms with Crippen molar-refractivity contribution in [1.29, 1.82) is 0 Å². The van der Waals surface area contributed by atoms with Crippen LogP contribution in [0.15, 0.2) is 12.7 Å². The molecule has 1 fully saturated rings. The van der Waals surface area contributed by atoms with E-state index in [4.69, 9.17) is 9.47 Å². The van der Waals surface area contributed by atoms with Crippen LogP contribution in [0.25, 0.3) is 0 Å². The molecule has 58 valence electrons. The van der Waals surface area contributed by atoms with Gasteiger partial charge < -0.3 is 9.47 Å². The average molecular weight is 142 g/mol. The van der Waals surface area contributed by atoms with Crippen LogP contribution < -0.4 is 0 Å². The highest BCUT2D eigenvalue weighted by atomic mass is 16.5. The molecule has 2 heteroatoms. The fraction of sp³-hybridized carbons (Fsp3) is 0.750. The average Bonchev–Trinajstić information content (AvgIpc) is 2.68. The summed E-state index contributed by atoms with van der Waals surface area (Å²) in [7, 11) is 1.68. The van der Waals surface area contributed by atoms with Crippen molar-refractivity contribution in [2.24, 2.45) is 5.92 Å². The molecule has 0 radical (unpaired) electrons. The molecule has 2 nitrogen and oxygen atoms in total.